The molecule has 4 rings (SSSR count). The van der Waals surface area contributed by atoms with E-state index in [0.29, 0.717) is 60.1 Å². The second kappa shape index (κ2) is 14.3. The van der Waals surface area contributed by atoms with Crippen LogP contribution in [-0.4, -0.2) is 72.6 Å². The molecule has 44 heavy (non-hydrogen) atoms. The highest BCUT2D eigenvalue weighted by molar-refractivity contribution is 7.99. The molecule has 242 valence electrons. The minimum atomic E-state index is -0.745. The molecule has 3 unspecified atom stereocenters. The van der Waals surface area contributed by atoms with Gasteiger partial charge in [-0.25, -0.2) is 19.6 Å². The lowest BCUT2D eigenvalue weighted by Gasteiger charge is -2.30. The van der Waals surface area contributed by atoms with Gasteiger partial charge < -0.3 is 41.8 Å². The Balaban J connectivity index is 1.44. The van der Waals surface area contributed by atoms with E-state index >= 15 is 0 Å². The van der Waals surface area contributed by atoms with Gasteiger partial charge in [-0.3, -0.25) is 0 Å². The maximum Gasteiger partial charge on any atom is 0.407 e. The molecule has 1 aromatic carbocycles. The number of benzene rings is 1. The summed E-state index contributed by atoms with van der Waals surface area (Å²) in [5.41, 5.74) is 11.4. The monoisotopic (exact) mass is 648 g/mol. The van der Waals surface area contributed by atoms with Gasteiger partial charge in [-0.2, -0.15) is 0 Å². The van der Waals surface area contributed by atoms with Gasteiger partial charge in [0.2, 0.25) is 0 Å². The maximum absolute atomic E-state index is 12.7. The van der Waals surface area contributed by atoms with Gasteiger partial charge in [-0.05, 0) is 90.4 Å². The molecule has 0 bridgehead atoms. The first-order valence-corrected chi connectivity index (χ1v) is 16.1. The van der Waals surface area contributed by atoms with Crippen LogP contribution < -0.4 is 32.3 Å². The second-order valence-corrected chi connectivity index (χ2v) is 14.5. The van der Waals surface area contributed by atoms with Gasteiger partial charge in [0.1, 0.15) is 22.0 Å². The Morgan fingerprint density at radius 3 is 2.48 bits per heavy atom. The molecule has 0 saturated carbocycles. The Hall–Kier alpha value is -3.16. The fourth-order valence-corrected chi connectivity index (χ4v) is 6.58. The van der Waals surface area contributed by atoms with Crippen molar-refractivity contribution in [3.63, 3.8) is 0 Å². The van der Waals surface area contributed by atoms with Crippen LogP contribution in [0.15, 0.2) is 34.3 Å². The lowest BCUT2D eigenvalue weighted by atomic mass is 9.86. The molecule has 0 radical (unpaired) electrons. The van der Waals surface area contributed by atoms with Crippen LogP contribution in [0.5, 0.6) is 0 Å². The molecule has 2 amide bonds. The van der Waals surface area contributed by atoms with E-state index in [4.69, 9.17) is 32.5 Å². The number of hydrogen-bond donors (Lipinski definition) is 5. The number of hydrogen-bond acceptors (Lipinski definition) is 11. The van der Waals surface area contributed by atoms with E-state index in [1.807, 2.05) is 46.8 Å². The molecule has 3 heterocycles. The summed E-state index contributed by atoms with van der Waals surface area (Å²) >= 11 is 7.66. The first-order valence-electron chi connectivity index (χ1n) is 14.9. The van der Waals surface area contributed by atoms with Crippen molar-refractivity contribution < 1.29 is 19.1 Å². The van der Waals surface area contributed by atoms with Gasteiger partial charge in [0.05, 0.1) is 16.9 Å². The molecule has 2 saturated heterocycles. The highest BCUT2D eigenvalue weighted by atomic mass is 35.5. The number of carbonyl (C=O) groups excluding carboxylic acids is 2. The molecule has 0 spiro atoms. The summed E-state index contributed by atoms with van der Waals surface area (Å²) in [6.45, 7) is 13.4. The summed E-state index contributed by atoms with van der Waals surface area (Å²) in [5, 5.41) is 10.1. The van der Waals surface area contributed by atoms with E-state index in [9.17, 15) is 9.59 Å². The number of nitrogens with zero attached hydrogens (tertiary/aromatic N) is 3. The number of nitrogen functional groups attached to an aromatic ring is 2. The SMILES string of the molecule is CC(C)(C)OC(=O)NCC1CN(c2cnc(Sc3cccc(N)c3Cl)c(N)n2)CC1CC(C)(C)OC(=O)NCC1CCNC1. The first kappa shape index (κ1) is 33.7. The smallest absolute Gasteiger partial charge is 0.407 e. The van der Waals surface area contributed by atoms with Gasteiger partial charge in [-0.15, -0.1) is 0 Å². The van der Waals surface area contributed by atoms with Gasteiger partial charge in [0, 0.05) is 31.1 Å². The molecule has 0 aliphatic carbocycles. The summed E-state index contributed by atoms with van der Waals surface area (Å²) in [7, 11) is 0. The van der Waals surface area contributed by atoms with Crippen molar-refractivity contribution in [1.29, 1.82) is 0 Å². The largest absolute Gasteiger partial charge is 0.444 e. The average Bonchev–Trinajstić information content (AvgIpc) is 3.58. The Morgan fingerprint density at radius 1 is 1.09 bits per heavy atom. The zero-order valence-corrected chi connectivity index (χ0v) is 27.7. The fraction of sp³-hybridized carbons (Fsp3) is 0.600. The van der Waals surface area contributed by atoms with Crippen LogP contribution in [0, 0.1) is 17.8 Å². The predicted molar refractivity (Wildman–Crippen MR) is 174 cm³/mol. The van der Waals surface area contributed by atoms with Crippen LogP contribution in [0.3, 0.4) is 0 Å². The first-order chi connectivity index (χ1) is 20.7. The highest BCUT2D eigenvalue weighted by Crippen LogP contribution is 2.39. The van der Waals surface area contributed by atoms with Crippen LogP contribution in [0.25, 0.3) is 0 Å². The lowest BCUT2D eigenvalue weighted by molar-refractivity contribution is 0.0175. The van der Waals surface area contributed by atoms with Crippen molar-refractivity contribution >= 4 is 52.9 Å². The fourth-order valence-electron chi connectivity index (χ4n) is 5.52. The predicted octanol–water partition coefficient (Wildman–Crippen LogP) is 4.53. The summed E-state index contributed by atoms with van der Waals surface area (Å²) in [6, 6.07) is 5.40. The Bertz CT molecular complexity index is 1320. The molecule has 14 heteroatoms. The maximum atomic E-state index is 12.7. The van der Waals surface area contributed by atoms with E-state index in [0.717, 1.165) is 24.4 Å². The number of aromatic nitrogens is 2. The van der Waals surface area contributed by atoms with Gasteiger partial charge in [0.15, 0.2) is 5.82 Å². The second-order valence-electron chi connectivity index (χ2n) is 13.1. The summed E-state index contributed by atoms with van der Waals surface area (Å²) in [6.07, 6.45) is 2.40. The number of nitrogens with one attached hydrogen (secondary N) is 3. The zero-order chi connectivity index (χ0) is 32.1. The molecule has 12 nitrogen and oxygen atoms in total. The van der Waals surface area contributed by atoms with Crippen LogP contribution >= 0.6 is 23.4 Å². The average molecular weight is 649 g/mol. The van der Waals surface area contributed by atoms with Gasteiger partial charge >= 0.3 is 12.2 Å². The molecule has 2 aliphatic heterocycles. The molecule has 2 aromatic rings. The summed E-state index contributed by atoms with van der Waals surface area (Å²) < 4.78 is 11.3. The molecule has 2 fully saturated rings. The van der Waals surface area contributed by atoms with E-state index in [2.05, 4.69) is 30.8 Å². The minimum absolute atomic E-state index is 0.0289. The number of anilines is 3. The van der Waals surface area contributed by atoms with Crippen molar-refractivity contribution in [1.82, 2.24) is 25.9 Å². The number of carbonyl (C=O) groups is 2. The summed E-state index contributed by atoms with van der Waals surface area (Å²) in [5.74, 6) is 1.40. The lowest BCUT2D eigenvalue weighted by Crippen LogP contribution is -2.41. The Kier molecular flexibility index (Phi) is 11.0. The Labute approximate surface area is 268 Å². The van der Waals surface area contributed by atoms with Crippen molar-refractivity contribution in [3.05, 3.63) is 29.4 Å². The topological polar surface area (TPSA) is 170 Å². The third-order valence-corrected chi connectivity index (χ3v) is 9.18. The minimum Gasteiger partial charge on any atom is -0.444 e. The summed E-state index contributed by atoms with van der Waals surface area (Å²) in [4.78, 5) is 37.2. The normalized spacial score (nSPS) is 20.4. The quantitative estimate of drug-likeness (QED) is 0.229. The van der Waals surface area contributed by atoms with Gasteiger partial charge in [0.25, 0.3) is 0 Å². The molecule has 7 N–H and O–H groups in total. The number of nitrogens with two attached hydrogens (primary N) is 2. The molecule has 3 atom stereocenters. The van der Waals surface area contributed by atoms with Crippen LogP contribution in [0.4, 0.5) is 26.9 Å². The standard InChI is InChI=1S/C30H45ClN8O4S/c1-29(2,3)42-27(40)37-14-20-17-39(16-19(20)11-30(4,5)43-28(41)36-13-18-9-10-34-12-18)23-15-35-26(25(33)38-23)44-22-8-6-7-21(32)24(22)31/h6-8,15,18-20,34H,9-14,16-17,32H2,1-5H3,(H2,33,38)(H,36,41)(H,37,40). The van der Waals surface area contributed by atoms with Crippen molar-refractivity contribution in [2.45, 2.75) is 68.6 Å². The molecule has 2 aliphatic rings. The van der Waals surface area contributed by atoms with Crippen LogP contribution in [0.1, 0.15) is 47.5 Å². The third kappa shape index (κ3) is 9.67. The number of amides is 2. The number of halogens is 1. The van der Waals surface area contributed by atoms with Crippen molar-refractivity contribution in [2.24, 2.45) is 17.8 Å². The number of ether oxygens (including phenoxy) is 2. The molecule has 1 aromatic heterocycles. The number of rotatable bonds is 10. The van der Waals surface area contributed by atoms with Crippen molar-refractivity contribution in [3.8, 4) is 0 Å². The highest BCUT2D eigenvalue weighted by Gasteiger charge is 2.39. The van der Waals surface area contributed by atoms with Crippen molar-refractivity contribution in [2.75, 3.05) is 55.6 Å². The number of alkyl carbamates (subject to hydrolysis) is 2. The Morgan fingerprint density at radius 2 is 1.80 bits per heavy atom. The van der Waals surface area contributed by atoms with E-state index in [-0.39, 0.29) is 17.7 Å². The van der Waals surface area contributed by atoms with E-state index in [1.54, 1.807) is 12.3 Å². The third-order valence-electron chi connectivity index (χ3n) is 7.58. The van der Waals surface area contributed by atoms with Crippen LogP contribution in [-0.2, 0) is 9.47 Å². The van der Waals surface area contributed by atoms with E-state index in [1.165, 1.54) is 11.8 Å². The van der Waals surface area contributed by atoms with E-state index < -0.39 is 23.4 Å². The molecular formula is C30H45ClN8O4S. The molecular weight excluding hydrogens is 604 g/mol. The van der Waals surface area contributed by atoms with Crippen LogP contribution in [0.2, 0.25) is 5.02 Å². The van der Waals surface area contributed by atoms with Gasteiger partial charge in [-0.1, -0.05) is 29.4 Å². The zero-order valence-electron chi connectivity index (χ0n) is 26.1.